The molecular weight excluding hydrogens is 281 g/mol. The van der Waals surface area contributed by atoms with Gasteiger partial charge in [-0.1, -0.05) is 53.7 Å². The van der Waals surface area contributed by atoms with Crippen molar-refractivity contribution in [2.45, 2.75) is 18.9 Å². The highest BCUT2D eigenvalue weighted by molar-refractivity contribution is 5.80. The van der Waals surface area contributed by atoms with E-state index in [2.05, 4.69) is 5.16 Å². The third-order valence-electron chi connectivity index (χ3n) is 3.05. The molecule has 0 radical (unpaired) electrons. The monoisotopic (exact) mass is 299 g/mol. The summed E-state index contributed by atoms with van der Waals surface area (Å²) in [6.07, 6.45) is 2.07. The number of benzene rings is 2. The Kier molecular flexibility index (Phi) is 5.80. The minimum Gasteiger partial charge on any atom is -0.342 e. The molecule has 1 unspecified atom stereocenters. The molecule has 0 heterocycles. The van der Waals surface area contributed by atoms with E-state index in [4.69, 9.17) is 16.0 Å². The molecule has 2 aromatic carbocycles. The Labute approximate surface area is 128 Å². The molecule has 2 rings (SSSR count). The smallest absolute Gasteiger partial charge is 0.218 e. The van der Waals surface area contributed by atoms with E-state index in [0.717, 1.165) is 5.56 Å². The van der Waals surface area contributed by atoms with Gasteiger partial charge in [0.05, 0.1) is 6.21 Å². The second-order valence-corrected chi connectivity index (χ2v) is 4.92. The third-order valence-corrected chi connectivity index (χ3v) is 3.05. The van der Waals surface area contributed by atoms with Crippen LogP contribution in [0.2, 0.25) is 0 Å². The molecule has 0 spiro atoms. The van der Waals surface area contributed by atoms with Gasteiger partial charge in [-0.3, -0.25) is 5.41 Å². The van der Waals surface area contributed by atoms with Crippen LogP contribution in [0.5, 0.6) is 0 Å². The van der Waals surface area contributed by atoms with Crippen molar-refractivity contribution in [1.29, 1.82) is 5.41 Å². The van der Waals surface area contributed by atoms with Gasteiger partial charge in [-0.05, 0) is 23.6 Å². The van der Waals surface area contributed by atoms with Gasteiger partial charge in [-0.15, -0.1) is 0 Å². The largest absolute Gasteiger partial charge is 0.342 e. The van der Waals surface area contributed by atoms with E-state index < -0.39 is 6.04 Å². The average molecular weight is 299 g/mol. The standard InChI is InChI=1S/C17H18FN3O/c18-16-9-5-4-8-14(16)10-15(19)11-17(20)22-21-12-13-6-2-1-3-7-13/h1-9,12,15,20H,10-11,19H2/b20-17?,21-12+. The summed E-state index contributed by atoms with van der Waals surface area (Å²) in [6, 6.07) is 15.5. The molecule has 0 amide bonds. The fourth-order valence-corrected chi connectivity index (χ4v) is 1.98. The van der Waals surface area contributed by atoms with Gasteiger partial charge in [0.1, 0.15) is 5.82 Å². The van der Waals surface area contributed by atoms with Gasteiger partial charge < -0.3 is 10.6 Å². The van der Waals surface area contributed by atoms with Crippen LogP contribution < -0.4 is 5.73 Å². The molecule has 0 bridgehead atoms. The van der Waals surface area contributed by atoms with Crippen LogP contribution >= 0.6 is 0 Å². The van der Waals surface area contributed by atoms with Crippen LogP contribution in [0, 0.1) is 11.2 Å². The number of hydrogen-bond acceptors (Lipinski definition) is 4. The minimum absolute atomic E-state index is 0.0454. The summed E-state index contributed by atoms with van der Waals surface area (Å²) in [7, 11) is 0. The highest BCUT2D eigenvalue weighted by atomic mass is 19.1. The molecule has 0 saturated carbocycles. The molecule has 4 nitrogen and oxygen atoms in total. The van der Waals surface area contributed by atoms with Crippen LogP contribution in [0.1, 0.15) is 17.5 Å². The molecular formula is C17H18FN3O. The quantitative estimate of drug-likeness (QED) is 0.489. The van der Waals surface area contributed by atoms with E-state index in [-0.39, 0.29) is 18.1 Å². The molecule has 2 aromatic rings. The Morgan fingerprint density at radius 3 is 2.59 bits per heavy atom. The van der Waals surface area contributed by atoms with Crippen molar-refractivity contribution in [3.05, 3.63) is 71.5 Å². The molecule has 0 aliphatic rings. The number of oxime groups is 1. The second kappa shape index (κ2) is 8.05. The fraction of sp³-hybridized carbons (Fsp3) is 0.176. The lowest BCUT2D eigenvalue weighted by atomic mass is 10.0. The molecule has 0 saturated heterocycles. The van der Waals surface area contributed by atoms with E-state index in [1.807, 2.05) is 30.3 Å². The first-order valence-electron chi connectivity index (χ1n) is 6.97. The summed E-state index contributed by atoms with van der Waals surface area (Å²) in [6.45, 7) is 0. The number of nitrogens with zero attached hydrogens (tertiary/aromatic N) is 1. The molecule has 0 fully saturated rings. The molecule has 22 heavy (non-hydrogen) atoms. The lowest BCUT2D eigenvalue weighted by Crippen LogP contribution is -2.26. The minimum atomic E-state index is -0.392. The van der Waals surface area contributed by atoms with Crippen LogP contribution in [-0.2, 0) is 11.3 Å². The predicted octanol–water partition coefficient (Wildman–Crippen LogP) is 3.11. The van der Waals surface area contributed by atoms with Crippen LogP contribution in [-0.4, -0.2) is 18.2 Å². The first kappa shape index (κ1) is 15.9. The van der Waals surface area contributed by atoms with Gasteiger partial charge in [0.25, 0.3) is 0 Å². The van der Waals surface area contributed by atoms with Crippen molar-refractivity contribution in [3.63, 3.8) is 0 Å². The molecule has 114 valence electrons. The summed E-state index contributed by atoms with van der Waals surface area (Å²) in [4.78, 5) is 4.96. The zero-order valence-electron chi connectivity index (χ0n) is 12.1. The van der Waals surface area contributed by atoms with E-state index in [1.165, 1.54) is 12.3 Å². The maximum Gasteiger partial charge on any atom is 0.218 e. The number of hydrogen-bond donors (Lipinski definition) is 2. The average Bonchev–Trinajstić information content (AvgIpc) is 2.50. The van der Waals surface area contributed by atoms with E-state index in [1.54, 1.807) is 18.2 Å². The van der Waals surface area contributed by atoms with Crippen molar-refractivity contribution in [2.75, 3.05) is 0 Å². The Morgan fingerprint density at radius 2 is 1.86 bits per heavy atom. The third kappa shape index (κ3) is 5.10. The predicted molar refractivity (Wildman–Crippen MR) is 85.5 cm³/mol. The second-order valence-electron chi connectivity index (χ2n) is 4.92. The summed E-state index contributed by atoms with van der Waals surface area (Å²) in [5.41, 5.74) is 7.34. The summed E-state index contributed by atoms with van der Waals surface area (Å²) >= 11 is 0. The molecule has 0 aliphatic heterocycles. The van der Waals surface area contributed by atoms with E-state index in [9.17, 15) is 4.39 Å². The van der Waals surface area contributed by atoms with Crippen molar-refractivity contribution < 1.29 is 9.23 Å². The Hall–Kier alpha value is -2.53. The summed E-state index contributed by atoms with van der Waals surface area (Å²) in [5.74, 6) is -0.330. The van der Waals surface area contributed by atoms with E-state index >= 15 is 0 Å². The van der Waals surface area contributed by atoms with E-state index in [0.29, 0.717) is 12.0 Å². The normalized spacial score (nSPS) is 12.3. The first-order chi connectivity index (χ1) is 10.6. The van der Waals surface area contributed by atoms with Gasteiger partial charge >= 0.3 is 0 Å². The number of rotatable bonds is 6. The maximum absolute atomic E-state index is 13.5. The molecule has 0 aliphatic carbocycles. The first-order valence-corrected chi connectivity index (χ1v) is 6.97. The van der Waals surface area contributed by atoms with Crippen molar-refractivity contribution in [3.8, 4) is 0 Å². The molecule has 5 heteroatoms. The van der Waals surface area contributed by atoms with Crippen LogP contribution in [0.4, 0.5) is 4.39 Å². The maximum atomic E-state index is 13.5. The zero-order valence-corrected chi connectivity index (χ0v) is 12.1. The zero-order chi connectivity index (χ0) is 15.8. The fourth-order valence-electron chi connectivity index (χ4n) is 1.98. The van der Waals surface area contributed by atoms with Crippen LogP contribution in [0.25, 0.3) is 0 Å². The highest BCUT2D eigenvalue weighted by Crippen LogP contribution is 2.10. The molecule has 0 aromatic heterocycles. The van der Waals surface area contributed by atoms with Crippen molar-refractivity contribution >= 4 is 12.1 Å². The van der Waals surface area contributed by atoms with Crippen molar-refractivity contribution in [1.82, 2.24) is 0 Å². The Balaban J connectivity index is 1.79. The number of nitrogens with one attached hydrogen (secondary N) is 1. The lowest BCUT2D eigenvalue weighted by Gasteiger charge is -2.11. The lowest BCUT2D eigenvalue weighted by molar-refractivity contribution is 0.312. The Bertz CT molecular complexity index is 643. The topological polar surface area (TPSA) is 71.5 Å². The summed E-state index contributed by atoms with van der Waals surface area (Å²) in [5, 5.41) is 11.4. The van der Waals surface area contributed by atoms with Crippen LogP contribution in [0.3, 0.4) is 0 Å². The highest BCUT2D eigenvalue weighted by Gasteiger charge is 2.11. The van der Waals surface area contributed by atoms with Gasteiger partial charge in [-0.2, -0.15) is 0 Å². The Morgan fingerprint density at radius 1 is 1.18 bits per heavy atom. The van der Waals surface area contributed by atoms with Gasteiger partial charge in [0.15, 0.2) is 0 Å². The SMILES string of the molecule is N=C(CC(N)Cc1ccccc1F)O/N=C/c1ccccc1. The molecule has 1 atom stereocenters. The summed E-state index contributed by atoms with van der Waals surface area (Å²) < 4.78 is 13.5. The van der Waals surface area contributed by atoms with Crippen molar-refractivity contribution in [2.24, 2.45) is 10.9 Å². The van der Waals surface area contributed by atoms with Crippen LogP contribution in [0.15, 0.2) is 59.8 Å². The van der Waals surface area contributed by atoms with Gasteiger partial charge in [-0.25, -0.2) is 4.39 Å². The van der Waals surface area contributed by atoms with Gasteiger partial charge in [0, 0.05) is 12.5 Å². The number of halogens is 1. The molecule has 3 N–H and O–H groups in total. The number of nitrogens with two attached hydrogens (primary N) is 1. The van der Waals surface area contributed by atoms with Gasteiger partial charge in [0.2, 0.25) is 5.90 Å².